The maximum Gasteiger partial charge on any atom is 0.232 e. The van der Waals surface area contributed by atoms with Gasteiger partial charge >= 0.3 is 0 Å². The van der Waals surface area contributed by atoms with Gasteiger partial charge < -0.3 is 14.6 Å². The summed E-state index contributed by atoms with van der Waals surface area (Å²) in [6, 6.07) is 7.02. The molecule has 150 valence electrons. The molecule has 5 nitrogen and oxygen atoms in total. The van der Waals surface area contributed by atoms with Crippen LogP contribution in [0.3, 0.4) is 0 Å². The second-order valence-corrected chi connectivity index (χ2v) is 7.93. The van der Waals surface area contributed by atoms with Crippen molar-refractivity contribution >= 4 is 22.6 Å². The Bertz CT molecular complexity index is 1070. The van der Waals surface area contributed by atoms with Gasteiger partial charge in [-0.2, -0.15) is 0 Å². The Morgan fingerprint density at radius 2 is 1.97 bits per heavy atom. The fourth-order valence-electron chi connectivity index (χ4n) is 4.05. The van der Waals surface area contributed by atoms with E-state index < -0.39 is 23.6 Å². The van der Waals surface area contributed by atoms with Gasteiger partial charge in [0.2, 0.25) is 5.91 Å². The predicted molar refractivity (Wildman–Crippen MR) is 105 cm³/mol. The Kier molecular flexibility index (Phi) is 4.26. The quantitative estimate of drug-likeness (QED) is 0.611. The molecule has 1 N–H and O–H groups in total. The lowest BCUT2D eigenvalue weighted by molar-refractivity contribution is -0.129. The summed E-state index contributed by atoms with van der Waals surface area (Å²) in [5, 5.41) is 0. The monoisotopic (exact) mass is 397 g/mol. The van der Waals surface area contributed by atoms with Crippen molar-refractivity contribution in [1.82, 2.24) is 9.97 Å². The van der Waals surface area contributed by atoms with E-state index >= 15 is 0 Å². The van der Waals surface area contributed by atoms with Gasteiger partial charge in [0, 0.05) is 23.4 Å². The Hall–Kier alpha value is -2.96. The number of aromatic amines is 1. The third-order valence-electron chi connectivity index (χ3n) is 5.90. The number of aromatic nitrogens is 2. The van der Waals surface area contributed by atoms with Crippen LogP contribution >= 0.6 is 0 Å². The summed E-state index contributed by atoms with van der Waals surface area (Å²) in [5.74, 6) is -1.20. The van der Waals surface area contributed by atoms with Gasteiger partial charge in [0.05, 0.1) is 35.9 Å². The SMILES string of the molecule is C[C@@H]1C(=O)N(c2ccc3[nH]cnc3c2)[C@H]1c1c(F)cc(OCCC2CC2)cc1F. The fraction of sp³-hybridized carbons (Fsp3) is 0.364. The van der Waals surface area contributed by atoms with E-state index in [0.717, 1.165) is 11.9 Å². The van der Waals surface area contributed by atoms with E-state index in [4.69, 9.17) is 4.74 Å². The van der Waals surface area contributed by atoms with E-state index in [1.54, 1.807) is 31.5 Å². The number of amides is 1. The summed E-state index contributed by atoms with van der Waals surface area (Å²) < 4.78 is 35.3. The molecule has 29 heavy (non-hydrogen) atoms. The molecule has 1 aromatic heterocycles. The molecule has 1 aliphatic heterocycles. The standard InChI is InChI=1S/C22H21F2N3O2/c1-12-21(27(22(12)28)14-4-5-18-19(8-14)26-11-25-18)20-16(23)9-15(10-17(20)24)29-7-6-13-2-3-13/h4-5,8-13,21H,2-3,6-7H2,1H3,(H,25,26)/t12-,21+/m0/s1. The molecule has 1 amide bonds. The van der Waals surface area contributed by atoms with E-state index in [1.807, 2.05) is 0 Å². The molecule has 0 unspecified atom stereocenters. The average molecular weight is 397 g/mol. The molecule has 0 spiro atoms. The molecule has 1 saturated carbocycles. The minimum Gasteiger partial charge on any atom is -0.493 e. The summed E-state index contributed by atoms with van der Waals surface area (Å²) >= 11 is 0. The van der Waals surface area contributed by atoms with Crippen molar-refractivity contribution in [2.24, 2.45) is 11.8 Å². The number of anilines is 1. The lowest BCUT2D eigenvalue weighted by Gasteiger charge is -2.46. The topological polar surface area (TPSA) is 58.2 Å². The highest BCUT2D eigenvalue weighted by Gasteiger charge is 2.48. The zero-order valence-corrected chi connectivity index (χ0v) is 16.0. The number of H-pyrrole nitrogens is 1. The van der Waals surface area contributed by atoms with Gasteiger partial charge in [-0.15, -0.1) is 0 Å². The summed E-state index contributed by atoms with van der Waals surface area (Å²) in [4.78, 5) is 21.2. The molecule has 7 heteroatoms. The number of carbonyl (C=O) groups excluding carboxylic acids is 1. The summed E-state index contributed by atoms with van der Waals surface area (Å²) in [5.41, 5.74) is 1.99. The van der Waals surface area contributed by atoms with Gasteiger partial charge in [-0.3, -0.25) is 4.79 Å². The number of β-lactam (4-membered cyclic amide) rings is 1. The van der Waals surface area contributed by atoms with Crippen LogP contribution < -0.4 is 9.64 Å². The van der Waals surface area contributed by atoms with Gasteiger partial charge in [0.25, 0.3) is 0 Å². The van der Waals surface area contributed by atoms with Crippen molar-refractivity contribution in [2.75, 3.05) is 11.5 Å². The first-order chi connectivity index (χ1) is 14.0. The Balaban J connectivity index is 1.43. The number of hydrogen-bond acceptors (Lipinski definition) is 3. The van der Waals surface area contributed by atoms with Crippen LogP contribution in [0.15, 0.2) is 36.7 Å². The first-order valence-corrected chi connectivity index (χ1v) is 9.91. The van der Waals surface area contributed by atoms with Gasteiger partial charge in [-0.1, -0.05) is 19.8 Å². The third-order valence-corrected chi connectivity index (χ3v) is 5.90. The molecular formula is C22H21F2N3O2. The number of carbonyl (C=O) groups is 1. The van der Waals surface area contributed by atoms with E-state index in [2.05, 4.69) is 9.97 Å². The molecular weight excluding hydrogens is 376 g/mol. The van der Waals surface area contributed by atoms with Crippen LogP contribution in [0.2, 0.25) is 0 Å². The van der Waals surface area contributed by atoms with Gasteiger partial charge in [-0.25, -0.2) is 13.8 Å². The molecule has 2 fully saturated rings. The highest BCUT2D eigenvalue weighted by Crippen LogP contribution is 2.45. The molecule has 2 aromatic carbocycles. The number of halogens is 2. The van der Waals surface area contributed by atoms with Gasteiger partial charge in [0.1, 0.15) is 17.4 Å². The average Bonchev–Trinajstić information content (AvgIpc) is 3.40. The van der Waals surface area contributed by atoms with Crippen LogP contribution in [0.25, 0.3) is 11.0 Å². The Morgan fingerprint density at radius 3 is 2.69 bits per heavy atom. The maximum absolute atomic E-state index is 14.9. The maximum atomic E-state index is 14.9. The predicted octanol–water partition coefficient (Wildman–Crippen LogP) is 4.74. The van der Waals surface area contributed by atoms with Crippen LogP contribution in [0, 0.1) is 23.5 Å². The zero-order valence-electron chi connectivity index (χ0n) is 16.0. The van der Waals surface area contributed by atoms with Crippen molar-refractivity contribution in [3.63, 3.8) is 0 Å². The second kappa shape index (κ2) is 6.83. The first-order valence-electron chi connectivity index (χ1n) is 9.91. The van der Waals surface area contributed by atoms with E-state index in [0.29, 0.717) is 23.7 Å². The normalized spacial score (nSPS) is 21.5. The molecule has 5 rings (SSSR count). The minimum atomic E-state index is -0.709. The molecule has 2 heterocycles. The summed E-state index contributed by atoms with van der Waals surface area (Å²) in [7, 11) is 0. The van der Waals surface area contributed by atoms with Crippen LogP contribution in [0.4, 0.5) is 14.5 Å². The van der Waals surface area contributed by atoms with Crippen LogP contribution in [-0.2, 0) is 4.79 Å². The van der Waals surface area contributed by atoms with Crippen LogP contribution in [0.1, 0.15) is 37.8 Å². The fourth-order valence-corrected chi connectivity index (χ4v) is 4.05. The summed E-state index contributed by atoms with van der Waals surface area (Å²) in [6.45, 7) is 2.15. The molecule has 0 radical (unpaired) electrons. The summed E-state index contributed by atoms with van der Waals surface area (Å²) in [6.07, 6.45) is 4.88. The number of nitrogens with zero attached hydrogens (tertiary/aromatic N) is 2. The molecule has 2 aliphatic rings. The zero-order chi connectivity index (χ0) is 20.1. The molecule has 0 bridgehead atoms. The first kappa shape index (κ1) is 18.1. The van der Waals surface area contributed by atoms with E-state index in [-0.39, 0.29) is 17.2 Å². The Labute approximate surface area is 166 Å². The highest BCUT2D eigenvalue weighted by atomic mass is 19.1. The third kappa shape index (κ3) is 3.14. The van der Waals surface area contributed by atoms with Crippen molar-refractivity contribution in [1.29, 1.82) is 0 Å². The largest absolute Gasteiger partial charge is 0.493 e. The number of fused-ring (bicyclic) bond motifs is 1. The minimum absolute atomic E-state index is 0.103. The number of rotatable bonds is 6. The van der Waals surface area contributed by atoms with Crippen molar-refractivity contribution in [2.45, 2.75) is 32.2 Å². The number of ether oxygens (including phenoxy) is 1. The number of hydrogen-bond donors (Lipinski definition) is 1. The van der Waals surface area contributed by atoms with E-state index in [9.17, 15) is 13.6 Å². The highest BCUT2D eigenvalue weighted by molar-refractivity contribution is 6.04. The van der Waals surface area contributed by atoms with Crippen molar-refractivity contribution < 1.29 is 18.3 Å². The van der Waals surface area contributed by atoms with Crippen LogP contribution in [0.5, 0.6) is 5.75 Å². The number of imidazole rings is 1. The molecule has 1 saturated heterocycles. The smallest absolute Gasteiger partial charge is 0.232 e. The van der Waals surface area contributed by atoms with Crippen LogP contribution in [-0.4, -0.2) is 22.5 Å². The van der Waals surface area contributed by atoms with Gasteiger partial charge in [0.15, 0.2) is 0 Å². The lowest BCUT2D eigenvalue weighted by Crippen LogP contribution is -2.54. The number of nitrogens with one attached hydrogen (secondary N) is 1. The Morgan fingerprint density at radius 1 is 1.21 bits per heavy atom. The second-order valence-electron chi connectivity index (χ2n) is 7.93. The lowest BCUT2D eigenvalue weighted by atomic mass is 9.82. The van der Waals surface area contributed by atoms with Crippen molar-refractivity contribution in [3.05, 3.63) is 53.9 Å². The van der Waals surface area contributed by atoms with Gasteiger partial charge in [-0.05, 0) is 30.5 Å². The number of benzene rings is 2. The molecule has 1 aliphatic carbocycles. The van der Waals surface area contributed by atoms with E-state index in [1.165, 1.54) is 29.9 Å². The van der Waals surface area contributed by atoms with Crippen molar-refractivity contribution in [3.8, 4) is 5.75 Å². The molecule has 3 aromatic rings. The molecule has 2 atom stereocenters.